The number of nitrogens with one attached hydrogen (secondary N) is 1. The molecule has 0 aliphatic carbocycles. The van der Waals surface area contributed by atoms with Gasteiger partial charge in [-0.25, -0.2) is 4.68 Å². The molecular formula is C18H15ClN4O2. The zero-order valence-electron chi connectivity index (χ0n) is 13.2. The van der Waals surface area contributed by atoms with Crippen molar-refractivity contribution in [3.8, 4) is 11.3 Å². The predicted molar refractivity (Wildman–Crippen MR) is 95.5 cm³/mol. The fourth-order valence-electron chi connectivity index (χ4n) is 2.25. The van der Waals surface area contributed by atoms with Crippen LogP contribution in [0.2, 0.25) is 5.02 Å². The second kappa shape index (κ2) is 7.72. The van der Waals surface area contributed by atoms with Crippen LogP contribution in [0.3, 0.4) is 0 Å². The summed E-state index contributed by atoms with van der Waals surface area (Å²) in [5.74, 6) is -0.289. The Morgan fingerprint density at radius 2 is 1.88 bits per heavy atom. The molecule has 25 heavy (non-hydrogen) atoms. The van der Waals surface area contributed by atoms with Gasteiger partial charge < -0.3 is 5.32 Å². The van der Waals surface area contributed by atoms with Gasteiger partial charge in [0, 0.05) is 29.4 Å². The number of hydrogen-bond acceptors (Lipinski definition) is 4. The molecule has 3 rings (SSSR count). The third-order valence-corrected chi connectivity index (χ3v) is 3.77. The zero-order chi connectivity index (χ0) is 17.6. The van der Waals surface area contributed by atoms with Gasteiger partial charge in [-0.2, -0.15) is 5.10 Å². The van der Waals surface area contributed by atoms with E-state index in [1.165, 1.54) is 10.7 Å². The molecule has 0 fully saturated rings. The van der Waals surface area contributed by atoms with Crippen LogP contribution in [0.4, 0.5) is 0 Å². The van der Waals surface area contributed by atoms with Gasteiger partial charge in [0.25, 0.3) is 11.5 Å². The average molecular weight is 355 g/mol. The van der Waals surface area contributed by atoms with Crippen LogP contribution >= 0.6 is 11.6 Å². The van der Waals surface area contributed by atoms with Gasteiger partial charge in [-0.05, 0) is 30.3 Å². The lowest BCUT2D eigenvalue weighted by molar-refractivity contribution is 0.0947. The number of nitrogens with zero attached hydrogens (tertiary/aromatic N) is 3. The number of pyridine rings is 1. The third-order valence-electron chi connectivity index (χ3n) is 3.51. The summed E-state index contributed by atoms with van der Waals surface area (Å²) < 4.78 is 1.32. The van der Waals surface area contributed by atoms with Gasteiger partial charge in [0.1, 0.15) is 5.69 Å². The summed E-state index contributed by atoms with van der Waals surface area (Å²) in [6.07, 6.45) is 1.55. The van der Waals surface area contributed by atoms with Crippen LogP contribution in [-0.4, -0.2) is 27.2 Å². The van der Waals surface area contributed by atoms with E-state index in [0.717, 1.165) is 5.56 Å². The first kappa shape index (κ1) is 16.9. The molecule has 3 aromatic rings. The van der Waals surface area contributed by atoms with Crippen molar-refractivity contribution in [1.82, 2.24) is 20.1 Å². The van der Waals surface area contributed by atoms with Crippen molar-refractivity contribution >= 4 is 17.5 Å². The molecule has 0 saturated carbocycles. The van der Waals surface area contributed by atoms with Crippen LogP contribution in [0.25, 0.3) is 11.3 Å². The first-order valence-electron chi connectivity index (χ1n) is 7.67. The lowest BCUT2D eigenvalue weighted by atomic mass is 10.1. The molecule has 2 aromatic heterocycles. The molecule has 7 heteroatoms. The van der Waals surface area contributed by atoms with Crippen molar-refractivity contribution in [2.24, 2.45) is 0 Å². The largest absolute Gasteiger partial charge is 0.349 e. The van der Waals surface area contributed by atoms with E-state index < -0.39 is 0 Å². The fourth-order valence-corrected chi connectivity index (χ4v) is 2.37. The van der Waals surface area contributed by atoms with Gasteiger partial charge in [-0.15, -0.1) is 0 Å². The molecule has 0 bridgehead atoms. The number of carbonyl (C=O) groups is 1. The summed E-state index contributed by atoms with van der Waals surface area (Å²) in [6.45, 7) is 0.533. The van der Waals surface area contributed by atoms with E-state index in [-0.39, 0.29) is 24.6 Å². The first-order chi connectivity index (χ1) is 12.1. The molecule has 0 unspecified atom stereocenters. The van der Waals surface area contributed by atoms with E-state index in [0.29, 0.717) is 16.4 Å². The molecule has 0 aliphatic heterocycles. The van der Waals surface area contributed by atoms with Crippen molar-refractivity contribution in [2.45, 2.75) is 6.54 Å². The molecule has 1 N–H and O–H groups in total. The fraction of sp³-hybridized carbons (Fsp3) is 0.111. The van der Waals surface area contributed by atoms with Crippen molar-refractivity contribution in [3.05, 3.63) is 81.9 Å². The number of rotatable bonds is 5. The Kier molecular flexibility index (Phi) is 5.20. The Morgan fingerprint density at radius 3 is 2.60 bits per heavy atom. The standard InChI is InChI=1S/C18H15ClN4O2/c19-14-6-4-13(5-7-14)15-8-9-17(24)23(22-15)12-11-21-18(25)16-3-1-2-10-20-16/h1-10H,11-12H2,(H,21,25). The first-order valence-corrected chi connectivity index (χ1v) is 8.04. The Balaban J connectivity index is 1.68. The maximum Gasteiger partial charge on any atom is 0.269 e. The summed E-state index contributed by atoms with van der Waals surface area (Å²) in [6, 6.07) is 15.4. The third kappa shape index (κ3) is 4.30. The molecule has 0 aliphatic rings. The van der Waals surface area contributed by atoms with Crippen molar-refractivity contribution in [3.63, 3.8) is 0 Å². The second-order valence-corrected chi connectivity index (χ2v) is 5.69. The Bertz CT molecular complexity index is 924. The summed E-state index contributed by atoms with van der Waals surface area (Å²) >= 11 is 5.88. The molecule has 0 spiro atoms. The minimum atomic E-state index is -0.289. The minimum absolute atomic E-state index is 0.232. The number of amides is 1. The van der Waals surface area contributed by atoms with E-state index in [1.807, 2.05) is 12.1 Å². The normalized spacial score (nSPS) is 10.4. The molecule has 0 atom stereocenters. The summed E-state index contributed by atoms with van der Waals surface area (Å²) in [7, 11) is 0. The highest BCUT2D eigenvalue weighted by Crippen LogP contribution is 2.18. The lowest BCUT2D eigenvalue weighted by Gasteiger charge is -2.08. The lowest BCUT2D eigenvalue weighted by Crippen LogP contribution is -2.32. The number of halogens is 1. The highest BCUT2D eigenvalue weighted by Gasteiger charge is 2.07. The highest BCUT2D eigenvalue weighted by molar-refractivity contribution is 6.30. The van der Waals surface area contributed by atoms with Crippen LogP contribution in [0.5, 0.6) is 0 Å². The molecule has 0 radical (unpaired) electrons. The Labute approximate surface area is 149 Å². The van der Waals surface area contributed by atoms with Gasteiger partial charge in [0.15, 0.2) is 0 Å². The summed E-state index contributed by atoms with van der Waals surface area (Å²) in [5.41, 5.74) is 1.62. The van der Waals surface area contributed by atoms with Crippen LogP contribution < -0.4 is 10.9 Å². The van der Waals surface area contributed by atoms with Crippen LogP contribution in [0.1, 0.15) is 10.5 Å². The number of aromatic nitrogens is 3. The van der Waals surface area contributed by atoms with Gasteiger partial charge >= 0.3 is 0 Å². The van der Waals surface area contributed by atoms with E-state index >= 15 is 0 Å². The van der Waals surface area contributed by atoms with E-state index in [9.17, 15) is 9.59 Å². The Hall–Kier alpha value is -2.99. The number of hydrogen-bond donors (Lipinski definition) is 1. The monoisotopic (exact) mass is 354 g/mol. The highest BCUT2D eigenvalue weighted by atomic mass is 35.5. The maximum absolute atomic E-state index is 12.0. The average Bonchev–Trinajstić information content (AvgIpc) is 2.64. The van der Waals surface area contributed by atoms with Gasteiger partial charge in [-0.3, -0.25) is 14.6 Å². The number of carbonyl (C=O) groups excluding carboxylic acids is 1. The maximum atomic E-state index is 12.0. The minimum Gasteiger partial charge on any atom is -0.349 e. The van der Waals surface area contributed by atoms with Gasteiger partial charge in [0.05, 0.1) is 12.2 Å². The second-order valence-electron chi connectivity index (χ2n) is 5.26. The van der Waals surface area contributed by atoms with Gasteiger partial charge in [0.2, 0.25) is 0 Å². The summed E-state index contributed by atoms with van der Waals surface area (Å²) in [4.78, 5) is 27.9. The van der Waals surface area contributed by atoms with Crippen LogP contribution in [0, 0.1) is 0 Å². The topological polar surface area (TPSA) is 76.9 Å². The molecule has 126 valence electrons. The predicted octanol–water partition coefficient (Wildman–Crippen LogP) is 2.39. The summed E-state index contributed by atoms with van der Waals surface area (Å²) in [5, 5.41) is 7.69. The van der Waals surface area contributed by atoms with Crippen molar-refractivity contribution < 1.29 is 4.79 Å². The molecule has 1 amide bonds. The molecular weight excluding hydrogens is 340 g/mol. The van der Waals surface area contributed by atoms with E-state index in [1.54, 1.807) is 42.6 Å². The Morgan fingerprint density at radius 1 is 1.08 bits per heavy atom. The zero-order valence-corrected chi connectivity index (χ0v) is 14.0. The molecule has 1 aromatic carbocycles. The van der Waals surface area contributed by atoms with E-state index in [2.05, 4.69) is 15.4 Å². The SMILES string of the molecule is O=C(NCCn1nc(-c2ccc(Cl)cc2)ccc1=O)c1ccccn1. The van der Waals surface area contributed by atoms with Crippen LogP contribution in [0.15, 0.2) is 65.6 Å². The molecule has 0 saturated heterocycles. The van der Waals surface area contributed by atoms with E-state index in [4.69, 9.17) is 11.6 Å². The number of benzene rings is 1. The smallest absolute Gasteiger partial charge is 0.269 e. The van der Waals surface area contributed by atoms with Crippen molar-refractivity contribution in [2.75, 3.05) is 6.54 Å². The molecule has 2 heterocycles. The van der Waals surface area contributed by atoms with Crippen LogP contribution in [-0.2, 0) is 6.54 Å². The molecule has 6 nitrogen and oxygen atoms in total. The van der Waals surface area contributed by atoms with Gasteiger partial charge in [-0.1, -0.05) is 29.8 Å². The van der Waals surface area contributed by atoms with Crippen molar-refractivity contribution in [1.29, 1.82) is 0 Å². The quantitative estimate of drug-likeness (QED) is 0.763.